The molecule has 24 heavy (non-hydrogen) atoms. The molecule has 0 unspecified atom stereocenters. The molecule has 0 radical (unpaired) electrons. The Hall–Kier alpha value is -3.00. The number of non-ortho nitro benzene ring substituents is 1. The quantitative estimate of drug-likeness (QED) is 0.533. The Kier molecular flexibility index (Phi) is 3.69. The number of benzene rings is 2. The van der Waals surface area contributed by atoms with Crippen molar-refractivity contribution in [3.8, 4) is 11.1 Å². The first-order valence-corrected chi connectivity index (χ1v) is 8.68. The number of sulfone groups is 1. The molecule has 0 N–H and O–H groups in total. The number of nitro groups is 1. The average Bonchev–Trinajstić information content (AvgIpc) is 2.54. The smallest absolute Gasteiger partial charge is 0.312 e. The zero-order valence-electron chi connectivity index (χ0n) is 12.4. The van der Waals surface area contributed by atoms with Crippen LogP contribution in [0.15, 0.2) is 62.8 Å². The molecule has 8 heteroatoms. The molecule has 0 atom stereocenters. The minimum Gasteiger partial charge on any atom is -0.456 e. The lowest BCUT2D eigenvalue weighted by atomic mass is 10.1. The molecule has 0 saturated heterocycles. The Balaban J connectivity index is 2.38. The average molecular weight is 345 g/mol. The monoisotopic (exact) mass is 345 g/mol. The highest BCUT2D eigenvalue weighted by atomic mass is 32.2. The van der Waals surface area contributed by atoms with Crippen LogP contribution in [0.1, 0.15) is 0 Å². The lowest BCUT2D eigenvalue weighted by Crippen LogP contribution is -2.08. The number of hydrogen-bond acceptors (Lipinski definition) is 6. The molecule has 1 aromatic heterocycles. The third kappa shape index (κ3) is 2.56. The molecular weight excluding hydrogens is 334 g/mol. The molecule has 0 aliphatic heterocycles. The van der Waals surface area contributed by atoms with Gasteiger partial charge in [-0.25, -0.2) is 8.42 Å². The Morgan fingerprint density at radius 2 is 1.75 bits per heavy atom. The zero-order chi connectivity index (χ0) is 17.5. The van der Waals surface area contributed by atoms with Gasteiger partial charge in [0.25, 0.3) is 0 Å². The van der Waals surface area contributed by atoms with Crippen LogP contribution in [0.3, 0.4) is 0 Å². The van der Waals surface area contributed by atoms with Crippen LogP contribution in [0, 0.1) is 10.1 Å². The van der Waals surface area contributed by atoms with Crippen molar-refractivity contribution in [2.24, 2.45) is 0 Å². The predicted octanol–water partition coefficient (Wildman–Crippen LogP) is 2.77. The first-order chi connectivity index (χ1) is 11.3. The fourth-order valence-electron chi connectivity index (χ4n) is 2.49. The van der Waals surface area contributed by atoms with Gasteiger partial charge in [-0.3, -0.25) is 14.9 Å². The van der Waals surface area contributed by atoms with Gasteiger partial charge in [0, 0.05) is 17.9 Å². The molecular formula is C16H11NO6S. The fourth-order valence-corrected chi connectivity index (χ4v) is 3.39. The molecule has 0 spiro atoms. The summed E-state index contributed by atoms with van der Waals surface area (Å²) in [7, 11) is -3.56. The molecule has 3 aromatic rings. The second-order valence-electron chi connectivity index (χ2n) is 5.16. The first kappa shape index (κ1) is 15.9. The van der Waals surface area contributed by atoms with Gasteiger partial charge in [0.15, 0.2) is 9.84 Å². The standard InChI is InChI=1S/C16H11NO6S/c1-24(21,22)14-8-3-2-5-10(14)12-9-23-16-11(15(12)18)6-4-7-13(16)17(19)20/h2-9H,1H3. The normalized spacial score (nSPS) is 11.5. The van der Waals surface area contributed by atoms with Crippen molar-refractivity contribution in [3.63, 3.8) is 0 Å². The van der Waals surface area contributed by atoms with E-state index in [2.05, 4.69) is 0 Å². The van der Waals surface area contributed by atoms with Crippen LogP contribution < -0.4 is 5.43 Å². The van der Waals surface area contributed by atoms with E-state index in [-0.39, 0.29) is 32.7 Å². The molecule has 122 valence electrons. The van der Waals surface area contributed by atoms with Crippen LogP contribution in [0.2, 0.25) is 0 Å². The first-order valence-electron chi connectivity index (χ1n) is 6.79. The lowest BCUT2D eigenvalue weighted by molar-refractivity contribution is -0.383. The highest BCUT2D eigenvalue weighted by Gasteiger charge is 2.21. The van der Waals surface area contributed by atoms with E-state index in [1.807, 2.05) is 0 Å². The van der Waals surface area contributed by atoms with Gasteiger partial charge in [-0.05, 0) is 12.1 Å². The van der Waals surface area contributed by atoms with E-state index in [4.69, 9.17) is 4.42 Å². The summed E-state index contributed by atoms with van der Waals surface area (Å²) in [5, 5.41) is 11.0. The van der Waals surface area contributed by atoms with Gasteiger partial charge in [-0.1, -0.05) is 24.3 Å². The summed E-state index contributed by atoms with van der Waals surface area (Å²) in [6, 6.07) is 10.0. The number of hydrogen-bond donors (Lipinski definition) is 0. The molecule has 1 heterocycles. The second kappa shape index (κ2) is 5.57. The van der Waals surface area contributed by atoms with E-state index in [0.29, 0.717) is 0 Å². The molecule has 3 rings (SSSR count). The van der Waals surface area contributed by atoms with Gasteiger partial charge in [-0.15, -0.1) is 0 Å². The number of para-hydroxylation sites is 1. The van der Waals surface area contributed by atoms with Crippen LogP contribution >= 0.6 is 0 Å². The predicted molar refractivity (Wildman–Crippen MR) is 87.7 cm³/mol. The maximum absolute atomic E-state index is 12.7. The van der Waals surface area contributed by atoms with Crippen molar-refractivity contribution in [1.82, 2.24) is 0 Å². The van der Waals surface area contributed by atoms with E-state index in [9.17, 15) is 23.3 Å². The number of nitrogens with zero attached hydrogens (tertiary/aromatic N) is 1. The number of rotatable bonds is 3. The van der Waals surface area contributed by atoms with Crippen molar-refractivity contribution in [2.45, 2.75) is 4.90 Å². The summed E-state index contributed by atoms with van der Waals surface area (Å²) >= 11 is 0. The third-order valence-corrected chi connectivity index (χ3v) is 4.71. The van der Waals surface area contributed by atoms with Crippen LogP contribution in [0.5, 0.6) is 0 Å². The minimum absolute atomic E-state index is 0.0120. The van der Waals surface area contributed by atoms with Gasteiger partial charge in [-0.2, -0.15) is 0 Å². The summed E-state index contributed by atoms with van der Waals surface area (Å²) in [4.78, 5) is 23.1. The maximum atomic E-state index is 12.7. The fraction of sp³-hybridized carbons (Fsp3) is 0.0625. The molecule has 0 saturated carbocycles. The van der Waals surface area contributed by atoms with Crippen LogP contribution in [0.4, 0.5) is 5.69 Å². The third-order valence-electron chi connectivity index (χ3n) is 3.55. The van der Waals surface area contributed by atoms with Crippen LogP contribution in [0.25, 0.3) is 22.1 Å². The van der Waals surface area contributed by atoms with Gasteiger partial charge in [0.1, 0.15) is 6.26 Å². The molecule has 7 nitrogen and oxygen atoms in total. The highest BCUT2D eigenvalue weighted by molar-refractivity contribution is 7.90. The van der Waals surface area contributed by atoms with Crippen LogP contribution in [-0.2, 0) is 9.84 Å². The van der Waals surface area contributed by atoms with E-state index >= 15 is 0 Å². The molecule has 0 fully saturated rings. The van der Waals surface area contributed by atoms with Gasteiger partial charge in [0.2, 0.25) is 11.0 Å². The molecule has 2 aromatic carbocycles. The van der Waals surface area contributed by atoms with Crippen LogP contribution in [-0.4, -0.2) is 19.6 Å². The van der Waals surface area contributed by atoms with E-state index in [1.165, 1.54) is 30.3 Å². The Morgan fingerprint density at radius 1 is 1.04 bits per heavy atom. The van der Waals surface area contributed by atoms with E-state index in [1.54, 1.807) is 12.1 Å². The van der Waals surface area contributed by atoms with Crippen molar-refractivity contribution in [1.29, 1.82) is 0 Å². The molecule has 0 amide bonds. The lowest BCUT2D eigenvalue weighted by Gasteiger charge is -2.07. The van der Waals surface area contributed by atoms with E-state index < -0.39 is 20.2 Å². The van der Waals surface area contributed by atoms with Gasteiger partial charge in [0.05, 0.1) is 20.8 Å². The SMILES string of the molecule is CS(=O)(=O)c1ccccc1-c1coc2c([N+](=O)[O-])cccc2c1=O. The van der Waals surface area contributed by atoms with Crippen molar-refractivity contribution >= 4 is 26.5 Å². The van der Waals surface area contributed by atoms with Crippen molar-refractivity contribution < 1.29 is 17.8 Å². The minimum atomic E-state index is -3.56. The number of fused-ring (bicyclic) bond motifs is 1. The molecule has 0 bridgehead atoms. The summed E-state index contributed by atoms with van der Waals surface area (Å²) < 4.78 is 29.1. The molecule has 0 aliphatic carbocycles. The summed E-state index contributed by atoms with van der Waals surface area (Å²) in [5.41, 5.74) is -0.775. The summed E-state index contributed by atoms with van der Waals surface area (Å²) in [6.07, 6.45) is 2.10. The van der Waals surface area contributed by atoms with Gasteiger partial charge < -0.3 is 4.42 Å². The van der Waals surface area contributed by atoms with Crippen molar-refractivity contribution in [2.75, 3.05) is 6.26 Å². The van der Waals surface area contributed by atoms with Gasteiger partial charge >= 0.3 is 5.69 Å². The maximum Gasteiger partial charge on any atom is 0.312 e. The summed E-state index contributed by atoms with van der Waals surface area (Å²) in [5.74, 6) is 0. The second-order valence-corrected chi connectivity index (χ2v) is 7.14. The molecule has 0 aliphatic rings. The largest absolute Gasteiger partial charge is 0.456 e. The zero-order valence-corrected chi connectivity index (χ0v) is 13.2. The Bertz CT molecular complexity index is 1130. The highest BCUT2D eigenvalue weighted by Crippen LogP contribution is 2.29. The number of nitro benzene ring substituents is 1. The Labute approximate surface area is 136 Å². The van der Waals surface area contributed by atoms with Crippen molar-refractivity contribution in [3.05, 3.63) is 69.1 Å². The topological polar surface area (TPSA) is 107 Å². The van der Waals surface area contributed by atoms with E-state index in [0.717, 1.165) is 12.5 Å². The summed E-state index contributed by atoms with van der Waals surface area (Å²) in [6.45, 7) is 0. The Morgan fingerprint density at radius 3 is 2.42 bits per heavy atom.